The topological polar surface area (TPSA) is 69.3 Å². The van der Waals surface area contributed by atoms with Crippen LogP contribution in [-0.2, 0) is 18.3 Å². The van der Waals surface area contributed by atoms with Gasteiger partial charge in [-0.05, 0) is 12.1 Å². The minimum Gasteiger partial charge on any atom is -0.463 e. The molecule has 0 spiro atoms. The molecule has 0 saturated heterocycles. The maximum Gasteiger partial charge on any atom is 0.373 e. The molecule has 2 heterocycles. The van der Waals surface area contributed by atoms with Crippen LogP contribution in [0.2, 0.25) is 0 Å². The zero-order valence-electron chi connectivity index (χ0n) is 9.64. The monoisotopic (exact) mass is 235 g/mol. The van der Waals surface area contributed by atoms with Crippen molar-refractivity contribution in [3.05, 3.63) is 36.0 Å². The Morgan fingerprint density at radius 3 is 3.06 bits per heavy atom. The second kappa shape index (κ2) is 4.73. The highest BCUT2D eigenvalue weighted by Gasteiger charge is 2.10. The van der Waals surface area contributed by atoms with Crippen LogP contribution in [0.3, 0.4) is 0 Å². The maximum atomic E-state index is 11.2. The number of nitrogens with zero attached hydrogens (tertiary/aromatic N) is 2. The van der Waals surface area contributed by atoms with Crippen LogP contribution in [0.5, 0.6) is 0 Å². The fraction of sp³-hybridized carbons (Fsp3) is 0.273. The molecule has 90 valence electrons. The number of hydrogen-bond acceptors (Lipinski definition) is 5. The fourth-order valence-corrected chi connectivity index (χ4v) is 1.38. The maximum absolute atomic E-state index is 11.2. The Balaban J connectivity index is 1.95. The van der Waals surface area contributed by atoms with Crippen molar-refractivity contribution < 1.29 is 13.9 Å². The summed E-state index contributed by atoms with van der Waals surface area (Å²) >= 11 is 0. The van der Waals surface area contributed by atoms with Gasteiger partial charge >= 0.3 is 5.97 Å². The Kier molecular flexibility index (Phi) is 3.13. The highest BCUT2D eigenvalue weighted by atomic mass is 16.5. The van der Waals surface area contributed by atoms with Gasteiger partial charge in [-0.2, -0.15) is 5.10 Å². The van der Waals surface area contributed by atoms with Crippen molar-refractivity contribution >= 4 is 11.7 Å². The first kappa shape index (κ1) is 11.3. The molecule has 0 aromatic carbocycles. The Morgan fingerprint density at radius 1 is 1.59 bits per heavy atom. The minimum atomic E-state index is -0.474. The highest BCUT2D eigenvalue weighted by Crippen LogP contribution is 2.11. The lowest BCUT2D eigenvalue weighted by molar-refractivity contribution is 0.0563. The molecule has 0 aliphatic rings. The van der Waals surface area contributed by atoms with Gasteiger partial charge in [0.05, 0.1) is 25.5 Å². The van der Waals surface area contributed by atoms with Crippen LogP contribution in [0.25, 0.3) is 0 Å². The van der Waals surface area contributed by atoms with Crippen molar-refractivity contribution in [1.82, 2.24) is 9.78 Å². The number of furan rings is 1. The normalized spacial score (nSPS) is 10.2. The van der Waals surface area contributed by atoms with Crippen LogP contribution < -0.4 is 5.32 Å². The van der Waals surface area contributed by atoms with Gasteiger partial charge in [-0.15, -0.1) is 0 Å². The van der Waals surface area contributed by atoms with Crippen LogP contribution in [-0.4, -0.2) is 22.9 Å². The molecule has 17 heavy (non-hydrogen) atoms. The van der Waals surface area contributed by atoms with Crippen molar-refractivity contribution in [3.63, 3.8) is 0 Å². The molecule has 0 radical (unpaired) electrons. The Morgan fingerprint density at radius 2 is 2.41 bits per heavy atom. The predicted molar refractivity (Wildman–Crippen MR) is 60.6 cm³/mol. The zero-order valence-corrected chi connectivity index (χ0v) is 9.64. The molecule has 0 unspecified atom stereocenters. The Labute approximate surface area is 98.2 Å². The molecule has 6 nitrogen and oxygen atoms in total. The Hall–Kier alpha value is -2.24. The molecule has 0 atom stereocenters. The van der Waals surface area contributed by atoms with Crippen LogP contribution in [0.1, 0.15) is 16.3 Å². The Bertz CT molecular complexity index is 516. The number of aromatic nitrogens is 2. The van der Waals surface area contributed by atoms with E-state index in [1.54, 1.807) is 23.0 Å². The van der Waals surface area contributed by atoms with E-state index in [1.807, 2.05) is 13.2 Å². The third kappa shape index (κ3) is 2.66. The fourth-order valence-electron chi connectivity index (χ4n) is 1.38. The van der Waals surface area contributed by atoms with Crippen LogP contribution in [0.15, 0.2) is 28.9 Å². The van der Waals surface area contributed by atoms with Crippen LogP contribution in [0.4, 0.5) is 5.69 Å². The number of aryl methyl sites for hydroxylation is 1. The number of esters is 1. The summed E-state index contributed by atoms with van der Waals surface area (Å²) in [7, 11) is 3.16. The SMILES string of the molecule is COC(=O)c1ccc(CNc2cnn(C)c2)o1. The summed E-state index contributed by atoms with van der Waals surface area (Å²) < 4.78 is 11.5. The van der Waals surface area contributed by atoms with E-state index < -0.39 is 5.97 Å². The molecule has 2 aromatic rings. The summed E-state index contributed by atoms with van der Waals surface area (Å²) in [6, 6.07) is 3.32. The van der Waals surface area contributed by atoms with Gasteiger partial charge < -0.3 is 14.5 Å². The van der Waals surface area contributed by atoms with Crippen LogP contribution >= 0.6 is 0 Å². The molecular weight excluding hydrogens is 222 g/mol. The minimum absolute atomic E-state index is 0.204. The highest BCUT2D eigenvalue weighted by molar-refractivity contribution is 5.86. The lowest BCUT2D eigenvalue weighted by atomic mass is 10.4. The summed E-state index contributed by atoms with van der Waals surface area (Å²) in [5.74, 6) is 0.391. The summed E-state index contributed by atoms with van der Waals surface area (Å²) in [6.07, 6.45) is 3.56. The first-order chi connectivity index (χ1) is 8.19. The van der Waals surface area contributed by atoms with Gasteiger partial charge in [0.25, 0.3) is 0 Å². The molecule has 0 aliphatic carbocycles. The van der Waals surface area contributed by atoms with Gasteiger partial charge in [-0.1, -0.05) is 0 Å². The molecule has 0 amide bonds. The second-order valence-corrected chi connectivity index (χ2v) is 3.51. The summed E-state index contributed by atoms with van der Waals surface area (Å²) in [6.45, 7) is 0.489. The van der Waals surface area contributed by atoms with E-state index in [1.165, 1.54) is 7.11 Å². The largest absolute Gasteiger partial charge is 0.463 e. The van der Waals surface area contributed by atoms with Gasteiger partial charge in [0.1, 0.15) is 5.76 Å². The number of methoxy groups -OCH3 is 1. The molecule has 1 N–H and O–H groups in total. The summed E-state index contributed by atoms with van der Waals surface area (Å²) in [4.78, 5) is 11.2. The number of ether oxygens (including phenoxy) is 1. The van der Waals surface area contributed by atoms with Crippen molar-refractivity contribution in [2.45, 2.75) is 6.54 Å². The number of rotatable bonds is 4. The van der Waals surface area contributed by atoms with E-state index >= 15 is 0 Å². The number of anilines is 1. The van der Waals surface area contributed by atoms with Crippen molar-refractivity contribution in [2.24, 2.45) is 7.05 Å². The molecule has 2 aromatic heterocycles. The number of carbonyl (C=O) groups is 1. The van der Waals surface area contributed by atoms with E-state index in [4.69, 9.17) is 4.42 Å². The van der Waals surface area contributed by atoms with E-state index in [0.717, 1.165) is 5.69 Å². The molecular formula is C11H13N3O3. The van der Waals surface area contributed by atoms with Gasteiger partial charge in [0, 0.05) is 13.2 Å². The molecule has 0 aliphatic heterocycles. The lowest BCUT2D eigenvalue weighted by Crippen LogP contribution is -1.99. The van der Waals surface area contributed by atoms with Crippen molar-refractivity contribution in [1.29, 1.82) is 0 Å². The molecule has 0 bridgehead atoms. The van der Waals surface area contributed by atoms with E-state index in [-0.39, 0.29) is 5.76 Å². The third-order valence-electron chi connectivity index (χ3n) is 2.22. The lowest BCUT2D eigenvalue weighted by Gasteiger charge is -1.99. The summed E-state index contributed by atoms with van der Waals surface area (Å²) in [5.41, 5.74) is 0.892. The first-order valence-corrected chi connectivity index (χ1v) is 5.08. The van der Waals surface area contributed by atoms with E-state index in [0.29, 0.717) is 12.3 Å². The van der Waals surface area contributed by atoms with Gasteiger partial charge in [-0.3, -0.25) is 4.68 Å². The average molecular weight is 235 g/mol. The number of carbonyl (C=O) groups excluding carboxylic acids is 1. The third-order valence-corrected chi connectivity index (χ3v) is 2.22. The van der Waals surface area contributed by atoms with Gasteiger partial charge in [0.15, 0.2) is 0 Å². The first-order valence-electron chi connectivity index (χ1n) is 5.08. The van der Waals surface area contributed by atoms with Gasteiger partial charge in [0.2, 0.25) is 5.76 Å². The number of hydrogen-bond donors (Lipinski definition) is 1. The second-order valence-electron chi connectivity index (χ2n) is 3.51. The van der Waals surface area contributed by atoms with E-state index in [9.17, 15) is 4.79 Å². The summed E-state index contributed by atoms with van der Waals surface area (Å²) in [5, 5.41) is 7.15. The number of nitrogens with one attached hydrogen (secondary N) is 1. The quantitative estimate of drug-likeness (QED) is 0.811. The molecule has 6 heteroatoms. The van der Waals surface area contributed by atoms with E-state index in [2.05, 4.69) is 15.2 Å². The van der Waals surface area contributed by atoms with Gasteiger partial charge in [-0.25, -0.2) is 4.79 Å². The van der Waals surface area contributed by atoms with Crippen LogP contribution in [0, 0.1) is 0 Å². The predicted octanol–water partition coefficient (Wildman–Crippen LogP) is 1.41. The van der Waals surface area contributed by atoms with Crippen molar-refractivity contribution in [3.8, 4) is 0 Å². The smallest absolute Gasteiger partial charge is 0.373 e. The van der Waals surface area contributed by atoms with Crippen molar-refractivity contribution in [2.75, 3.05) is 12.4 Å². The zero-order chi connectivity index (χ0) is 12.3. The molecule has 0 fully saturated rings. The molecule has 2 rings (SSSR count). The standard InChI is InChI=1S/C11H13N3O3/c1-14-7-8(5-13-14)12-6-9-3-4-10(17-9)11(15)16-2/h3-5,7,12H,6H2,1-2H3. The average Bonchev–Trinajstić information content (AvgIpc) is 2.94. The molecule has 0 saturated carbocycles.